The molecule has 2 rings (SSSR count). The maximum absolute atomic E-state index is 11.5. The monoisotopic (exact) mass is 258 g/mol. The van der Waals surface area contributed by atoms with Gasteiger partial charge in [-0.15, -0.1) is 11.3 Å². The summed E-state index contributed by atoms with van der Waals surface area (Å²) < 4.78 is 0. The average Bonchev–Trinajstić information content (AvgIpc) is 2.91. The van der Waals surface area contributed by atoms with Crippen molar-refractivity contribution >= 4 is 23.3 Å². The second kappa shape index (κ2) is 6.71. The minimum absolute atomic E-state index is 0.0859. The Morgan fingerprint density at radius 3 is 3.00 bits per heavy atom. The first-order chi connectivity index (χ1) is 8.84. The summed E-state index contributed by atoms with van der Waals surface area (Å²) >= 11 is 1.71. The van der Waals surface area contributed by atoms with Crippen molar-refractivity contribution in [2.24, 2.45) is 0 Å². The molecule has 0 saturated carbocycles. The first kappa shape index (κ1) is 12.5. The Hall–Kier alpha value is -1.94. The maximum atomic E-state index is 11.5. The standard InChI is InChI=1S/C14H14N2OS/c17-14(7-6-12-4-1-2-9-15-12)16-10-8-13-5-3-11-18-13/h1-7,9,11H,8,10H2,(H,16,17)/b7-6+. The molecule has 0 aliphatic carbocycles. The quantitative estimate of drug-likeness (QED) is 0.837. The average molecular weight is 258 g/mol. The summed E-state index contributed by atoms with van der Waals surface area (Å²) in [6.45, 7) is 0.659. The molecule has 0 fully saturated rings. The van der Waals surface area contributed by atoms with Gasteiger partial charge in [0, 0.05) is 23.7 Å². The van der Waals surface area contributed by atoms with Crippen LogP contribution >= 0.6 is 11.3 Å². The SMILES string of the molecule is O=C(/C=C/c1ccccn1)NCCc1cccs1. The number of aromatic nitrogens is 1. The second-order valence-corrected chi connectivity index (χ2v) is 4.74. The molecule has 0 radical (unpaired) electrons. The summed E-state index contributed by atoms with van der Waals surface area (Å²) in [7, 11) is 0. The van der Waals surface area contributed by atoms with Gasteiger partial charge in [-0.25, -0.2) is 0 Å². The van der Waals surface area contributed by atoms with Crippen LogP contribution in [0, 0.1) is 0 Å². The molecule has 2 aromatic heterocycles. The van der Waals surface area contributed by atoms with E-state index >= 15 is 0 Å². The highest BCUT2D eigenvalue weighted by atomic mass is 32.1. The van der Waals surface area contributed by atoms with Crippen molar-refractivity contribution < 1.29 is 4.79 Å². The van der Waals surface area contributed by atoms with Crippen molar-refractivity contribution in [3.63, 3.8) is 0 Å². The zero-order chi connectivity index (χ0) is 12.6. The molecule has 0 unspecified atom stereocenters. The van der Waals surface area contributed by atoms with Gasteiger partial charge in [-0.3, -0.25) is 9.78 Å². The van der Waals surface area contributed by atoms with Gasteiger partial charge >= 0.3 is 0 Å². The Morgan fingerprint density at radius 1 is 1.33 bits per heavy atom. The molecule has 1 N–H and O–H groups in total. The van der Waals surface area contributed by atoms with Crippen molar-refractivity contribution in [1.82, 2.24) is 10.3 Å². The molecule has 0 saturated heterocycles. The molecule has 2 heterocycles. The highest BCUT2D eigenvalue weighted by molar-refractivity contribution is 7.09. The van der Waals surface area contributed by atoms with E-state index in [9.17, 15) is 4.79 Å². The van der Waals surface area contributed by atoms with Crippen molar-refractivity contribution in [2.45, 2.75) is 6.42 Å². The smallest absolute Gasteiger partial charge is 0.244 e. The van der Waals surface area contributed by atoms with E-state index in [0.717, 1.165) is 12.1 Å². The van der Waals surface area contributed by atoms with Gasteiger partial charge in [0.1, 0.15) is 0 Å². The van der Waals surface area contributed by atoms with Crippen molar-refractivity contribution in [3.05, 3.63) is 58.6 Å². The fourth-order valence-electron chi connectivity index (χ4n) is 1.46. The molecule has 2 aromatic rings. The first-order valence-corrected chi connectivity index (χ1v) is 6.62. The maximum Gasteiger partial charge on any atom is 0.244 e. The van der Waals surface area contributed by atoms with Crippen molar-refractivity contribution in [1.29, 1.82) is 0 Å². The van der Waals surface area contributed by atoms with E-state index in [1.165, 1.54) is 11.0 Å². The van der Waals surface area contributed by atoms with Gasteiger partial charge in [-0.05, 0) is 36.1 Å². The third-order valence-corrected chi connectivity index (χ3v) is 3.28. The minimum atomic E-state index is -0.0859. The molecular weight excluding hydrogens is 244 g/mol. The minimum Gasteiger partial charge on any atom is -0.352 e. The number of nitrogens with zero attached hydrogens (tertiary/aromatic N) is 1. The number of hydrogen-bond acceptors (Lipinski definition) is 3. The van der Waals surface area contributed by atoms with Crippen molar-refractivity contribution in [3.8, 4) is 0 Å². The molecule has 4 heteroatoms. The molecular formula is C14H14N2OS. The number of pyridine rings is 1. The molecule has 0 aliphatic heterocycles. The molecule has 1 amide bonds. The molecule has 0 aromatic carbocycles. The van der Waals surface area contributed by atoms with Crippen molar-refractivity contribution in [2.75, 3.05) is 6.54 Å². The third-order valence-electron chi connectivity index (χ3n) is 2.34. The fourth-order valence-corrected chi connectivity index (χ4v) is 2.17. The first-order valence-electron chi connectivity index (χ1n) is 5.74. The highest BCUT2D eigenvalue weighted by Crippen LogP contribution is 2.07. The summed E-state index contributed by atoms with van der Waals surface area (Å²) in [6, 6.07) is 9.68. The van der Waals surface area contributed by atoms with Crippen LogP contribution in [0.15, 0.2) is 48.0 Å². The Kier molecular flexibility index (Phi) is 4.67. The summed E-state index contributed by atoms with van der Waals surface area (Å²) in [5.74, 6) is -0.0859. The predicted octanol–water partition coefficient (Wildman–Crippen LogP) is 2.52. The van der Waals surface area contributed by atoms with Gasteiger partial charge in [-0.1, -0.05) is 12.1 Å². The molecule has 3 nitrogen and oxygen atoms in total. The number of rotatable bonds is 5. The van der Waals surface area contributed by atoms with Gasteiger partial charge in [0.2, 0.25) is 5.91 Å². The number of nitrogens with one attached hydrogen (secondary N) is 1. The zero-order valence-corrected chi connectivity index (χ0v) is 10.7. The largest absolute Gasteiger partial charge is 0.352 e. The van der Waals surface area contributed by atoms with Crippen LogP contribution in [0.1, 0.15) is 10.6 Å². The lowest BCUT2D eigenvalue weighted by molar-refractivity contribution is -0.116. The molecule has 18 heavy (non-hydrogen) atoms. The Labute approximate surface area is 110 Å². The van der Waals surface area contributed by atoms with E-state index in [-0.39, 0.29) is 5.91 Å². The van der Waals surface area contributed by atoms with Crippen LogP contribution < -0.4 is 5.32 Å². The highest BCUT2D eigenvalue weighted by Gasteiger charge is 1.97. The van der Waals surface area contributed by atoms with Gasteiger partial charge < -0.3 is 5.32 Å². The number of thiophene rings is 1. The van der Waals surface area contributed by atoms with Gasteiger partial charge in [0.05, 0.1) is 5.69 Å². The number of amides is 1. The van der Waals surface area contributed by atoms with Crippen LogP contribution in [0.5, 0.6) is 0 Å². The Balaban J connectivity index is 1.74. The van der Waals surface area contributed by atoms with Crippen LogP contribution in [-0.4, -0.2) is 17.4 Å². The van der Waals surface area contributed by atoms with E-state index in [1.807, 2.05) is 29.6 Å². The molecule has 0 aliphatic rings. The molecule has 92 valence electrons. The zero-order valence-electron chi connectivity index (χ0n) is 9.87. The summed E-state index contributed by atoms with van der Waals surface area (Å²) in [5, 5.41) is 4.88. The van der Waals surface area contributed by atoms with Crippen LogP contribution in [0.25, 0.3) is 6.08 Å². The molecule has 0 atom stereocenters. The van der Waals surface area contributed by atoms with Gasteiger partial charge in [0.25, 0.3) is 0 Å². The van der Waals surface area contributed by atoms with E-state index in [2.05, 4.69) is 16.4 Å². The normalized spacial score (nSPS) is 10.7. The van der Waals surface area contributed by atoms with E-state index < -0.39 is 0 Å². The second-order valence-electron chi connectivity index (χ2n) is 3.71. The number of carbonyl (C=O) groups is 1. The van der Waals surface area contributed by atoms with Gasteiger partial charge in [0.15, 0.2) is 0 Å². The van der Waals surface area contributed by atoms with E-state index in [1.54, 1.807) is 23.6 Å². The topological polar surface area (TPSA) is 42.0 Å². The van der Waals surface area contributed by atoms with Crippen LogP contribution in [0.4, 0.5) is 0 Å². The number of carbonyl (C=O) groups excluding carboxylic acids is 1. The lowest BCUT2D eigenvalue weighted by Gasteiger charge is -1.99. The van der Waals surface area contributed by atoms with Crippen LogP contribution in [-0.2, 0) is 11.2 Å². The van der Waals surface area contributed by atoms with Crippen LogP contribution in [0.2, 0.25) is 0 Å². The van der Waals surface area contributed by atoms with E-state index in [4.69, 9.17) is 0 Å². The lowest BCUT2D eigenvalue weighted by atomic mass is 10.3. The lowest BCUT2D eigenvalue weighted by Crippen LogP contribution is -2.23. The Bertz CT molecular complexity index is 506. The Morgan fingerprint density at radius 2 is 2.28 bits per heavy atom. The summed E-state index contributed by atoms with van der Waals surface area (Å²) in [6.07, 6.45) is 5.80. The predicted molar refractivity (Wildman–Crippen MR) is 74.3 cm³/mol. The fraction of sp³-hybridized carbons (Fsp3) is 0.143. The van der Waals surface area contributed by atoms with Gasteiger partial charge in [-0.2, -0.15) is 0 Å². The number of hydrogen-bond donors (Lipinski definition) is 1. The molecule has 0 bridgehead atoms. The third kappa shape index (κ3) is 4.14. The summed E-state index contributed by atoms with van der Waals surface area (Å²) in [4.78, 5) is 16.9. The van der Waals surface area contributed by atoms with E-state index in [0.29, 0.717) is 6.54 Å². The molecule has 0 spiro atoms. The summed E-state index contributed by atoms with van der Waals surface area (Å²) in [5.41, 5.74) is 0.783. The van der Waals surface area contributed by atoms with Crippen LogP contribution in [0.3, 0.4) is 0 Å².